The first-order chi connectivity index (χ1) is 21.3. The van der Waals surface area contributed by atoms with Crippen LogP contribution in [0.25, 0.3) is 22.2 Å². The number of halogens is 2. The number of thiol groups is 2. The number of alkyl halides is 2. The number of aromatic nitrogens is 7. The summed E-state index contributed by atoms with van der Waals surface area (Å²) in [6.45, 7) is -10.4. The van der Waals surface area contributed by atoms with Crippen molar-refractivity contribution < 1.29 is 45.5 Å². The van der Waals surface area contributed by atoms with Crippen molar-refractivity contribution in [3.05, 3.63) is 35.3 Å². The van der Waals surface area contributed by atoms with Crippen LogP contribution in [0.5, 0.6) is 0 Å². The minimum Gasteiger partial charge on any atom is -0.383 e. The maximum absolute atomic E-state index is 16.0. The van der Waals surface area contributed by atoms with E-state index in [4.69, 9.17) is 39.0 Å². The molecule has 0 radical (unpaired) electrons. The first-order valence-corrected chi connectivity index (χ1v) is 18.4. The number of hydrogen-bond acceptors (Lipinski definition) is 15. The molecule has 0 amide bonds. The van der Waals surface area contributed by atoms with E-state index < -0.39 is 81.6 Å². The summed E-state index contributed by atoms with van der Waals surface area (Å²) < 4.78 is 94.5. The minimum absolute atomic E-state index is 0.102. The van der Waals surface area contributed by atoms with Crippen molar-refractivity contribution in [2.45, 2.75) is 49.2 Å². The highest BCUT2D eigenvalue weighted by Gasteiger charge is 2.54. The van der Waals surface area contributed by atoms with Crippen molar-refractivity contribution >= 4 is 72.1 Å². The lowest BCUT2D eigenvalue weighted by atomic mass is 10.1. The van der Waals surface area contributed by atoms with Gasteiger partial charge in [-0.1, -0.05) is 24.5 Å². The summed E-state index contributed by atoms with van der Waals surface area (Å²) in [6, 6.07) is 1.55. The SMILES string of the molecule is Nc1nc2c(ncn2[C@@H]2O[C@@H]3CO[P@@](=O)(S)O[C@H]4[C@H](F)[C@H](n5ccc6c(N)ncnc65)O[C@@H]4CO[P@@](=O)(S)O[C@@H]2[C@H]3F)c(=O)[nH]1. The lowest BCUT2D eigenvalue weighted by molar-refractivity contribution is -0.0563. The van der Waals surface area contributed by atoms with Crippen molar-refractivity contribution in [3.8, 4) is 0 Å². The van der Waals surface area contributed by atoms with Crippen LogP contribution in [0.3, 0.4) is 0 Å². The van der Waals surface area contributed by atoms with Crippen LogP contribution in [0.15, 0.2) is 29.7 Å². The van der Waals surface area contributed by atoms with E-state index in [1.807, 2.05) is 0 Å². The monoisotopic (exact) mass is 709 g/mol. The second-order valence-corrected chi connectivity index (χ2v) is 15.9. The maximum Gasteiger partial charge on any atom is 0.386 e. The zero-order chi connectivity index (χ0) is 31.8. The van der Waals surface area contributed by atoms with Crippen LogP contribution in [-0.2, 0) is 36.7 Å². The Bertz CT molecular complexity index is 1950. The van der Waals surface area contributed by atoms with Gasteiger partial charge in [-0.25, -0.2) is 32.9 Å². The average molecular weight is 710 g/mol. The number of nitrogens with two attached hydrogens (primary N) is 2. The Morgan fingerprint density at radius 3 is 2.36 bits per heavy atom. The predicted octanol–water partition coefficient (Wildman–Crippen LogP) is 2.09. The maximum atomic E-state index is 16.0. The Balaban J connectivity index is 1.21. The van der Waals surface area contributed by atoms with Crippen LogP contribution < -0.4 is 17.0 Å². The summed E-state index contributed by atoms with van der Waals surface area (Å²) in [6.07, 6.45) is -9.52. The van der Waals surface area contributed by atoms with Crippen molar-refractivity contribution in [2.75, 3.05) is 24.7 Å². The Labute approximate surface area is 260 Å². The number of nitrogens with zero attached hydrogens (tertiary/aromatic N) is 6. The van der Waals surface area contributed by atoms with Gasteiger partial charge in [0.15, 0.2) is 36.0 Å². The van der Waals surface area contributed by atoms with Crippen molar-refractivity contribution in [3.63, 3.8) is 0 Å². The van der Waals surface area contributed by atoms with E-state index in [9.17, 15) is 13.9 Å². The molecule has 7 rings (SSSR count). The molecular formula is C21H23F2N9O9P2S2. The van der Waals surface area contributed by atoms with E-state index in [-0.39, 0.29) is 28.6 Å². The number of fused-ring (bicyclic) bond motifs is 5. The summed E-state index contributed by atoms with van der Waals surface area (Å²) in [5, 5.41) is 0.419. The molecular weight excluding hydrogens is 686 g/mol. The van der Waals surface area contributed by atoms with Crippen LogP contribution in [0.4, 0.5) is 20.5 Å². The molecule has 3 saturated heterocycles. The normalized spacial score (nSPS) is 37.7. The average Bonchev–Trinajstić information content (AvgIpc) is 3.72. The Kier molecular flexibility index (Phi) is 7.75. The van der Waals surface area contributed by atoms with Crippen LogP contribution in [0.2, 0.25) is 0 Å². The summed E-state index contributed by atoms with van der Waals surface area (Å²) in [7, 11) is 0. The quantitative estimate of drug-likeness (QED) is 0.148. The van der Waals surface area contributed by atoms with Crippen LogP contribution >= 0.6 is 38.1 Å². The highest BCUT2D eigenvalue weighted by Crippen LogP contribution is 2.60. The number of imidazole rings is 1. The van der Waals surface area contributed by atoms with Gasteiger partial charge in [0.05, 0.1) is 24.9 Å². The molecule has 5 N–H and O–H groups in total. The molecule has 7 heterocycles. The third-order valence-corrected chi connectivity index (χ3v) is 10.6. The summed E-state index contributed by atoms with van der Waals surface area (Å²) in [4.78, 5) is 30.6. The van der Waals surface area contributed by atoms with E-state index in [0.29, 0.717) is 5.39 Å². The minimum atomic E-state index is -4.48. The molecule has 18 nitrogen and oxygen atoms in total. The number of nitrogens with one attached hydrogen (secondary N) is 1. The molecule has 0 unspecified atom stereocenters. The number of rotatable bonds is 2. The van der Waals surface area contributed by atoms with Gasteiger partial charge in [-0.05, 0) is 6.07 Å². The largest absolute Gasteiger partial charge is 0.386 e. The first-order valence-electron chi connectivity index (χ1n) is 13.0. The fourth-order valence-electron chi connectivity index (χ4n) is 5.37. The van der Waals surface area contributed by atoms with Crippen LogP contribution in [-0.4, -0.2) is 84.0 Å². The number of aromatic amines is 1. The van der Waals surface area contributed by atoms with E-state index in [1.54, 1.807) is 6.07 Å². The molecule has 0 spiro atoms. The van der Waals surface area contributed by atoms with E-state index in [1.165, 1.54) is 17.1 Å². The van der Waals surface area contributed by atoms with Gasteiger partial charge in [0.2, 0.25) is 5.95 Å². The predicted molar refractivity (Wildman–Crippen MR) is 157 cm³/mol. The van der Waals surface area contributed by atoms with Gasteiger partial charge in [0.1, 0.15) is 42.2 Å². The Morgan fingerprint density at radius 2 is 1.60 bits per heavy atom. The summed E-state index contributed by atoms with van der Waals surface area (Å²) in [5.41, 5.74) is 10.9. The van der Waals surface area contributed by atoms with Gasteiger partial charge in [-0.3, -0.25) is 32.4 Å². The molecule has 10 atom stereocenters. The van der Waals surface area contributed by atoms with Gasteiger partial charge in [0, 0.05) is 6.20 Å². The zero-order valence-electron chi connectivity index (χ0n) is 22.4. The summed E-state index contributed by atoms with van der Waals surface area (Å²) in [5.74, 6) is -0.119. The van der Waals surface area contributed by atoms with Gasteiger partial charge in [-0.15, -0.1) is 0 Å². The summed E-state index contributed by atoms with van der Waals surface area (Å²) >= 11 is 7.96. The number of H-pyrrole nitrogens is 1. The topological polar surface area (TPSA) is 236 Å². The Hall–Kier alpha value is -2.65. The molecule has 24 heteroatoms. The number of nitrogen functional groups attached to an aromatic ring is 2. The molecule has 3 fully saturated rings. The second kappa shape index (κ2) is 11.3. The van der Waals surface area contributed by atoms with Crippen molar-refractivity contribution in [1.82, 2.24) is 34.1 Å². The molecule has 0 aromatic carbocycles. The first kappa shape index (κ1) is 31.0. The Morgan fingerprint density at radius 1 is 0.911 bits per heavy atom. The number of ether oxygens (including phenoxy) is 2. The van der Waals surface area contributed by atoms with Crippen LogP contribution in [0, 0.1) is 0 Å². The lowest BCUT2D eigenvalue weighted by Crippen LogP contribution is -2.33. The molecule has 3 aliphatic heterocycles. The van der Waals surface area contributed by atoms with E-state index in [2.05, 4.69) is 49.4 Å². The molecule has 3 aliphatic rings. The number of hydrogen-bond donors (Lipinski definition) is 5. The van der Waals surface area contributed by atoms with Gasteiger partial charge in [-0.2, -0.15) is 4.98 Å². The zero-order valence-corrected chi connectivity index (χ0v) is 26.0. The molecule has 242 valence electrons. The molecule has 45 heavy (non-hydrogen) atoms. The van der Waals surface area contributed by atoms with Gasteiger partial charge < -0.3 is 25.5 Å². The highest BCUT2D eigenvalue weighted by molar-refractivity contribution is 8.44. The number of anilines is 2. The molecule has 0 saturated carbocycles. The third-order valence-electron chi connectivity index (χ3n) is 7.38. The molecule has 0 aliphatic carbocycles. The van der Waals surface area contributed by atoms with Crippen LogP contribution in [0.1, 0.15) is 12.5 Å². The molecule has 4 aromatic rings. The highest BCUT2D eigenvalue weighted by atomic mass is 32.7. The van der Waals surface area contributed by atoms with Crippen molar-refractivity contribution in [2.24, 2.45) is 0 Å². The van der Waals surface area contributed by atoms with Gasteiger partial charge in [0.25, 0.3) is 5.56 Å². The molecule has 2 bridgehead atoms. The fourth-order valence-corrected chi connectivity index (χ4v) is 8.31. The van der Waals surface area contributed by atoms with E-state index in [0.717, 1.165) is 10.9 Å². The van der Waals surface area contributed by atoms with Gasteiger partial charge >= 0.3 is 13.6 Å². The fraction of sp³-hybridized carbons (Fsp3) is 0.476. The lowest BCUT2D eigenvalue weighted by Gasteiger charge is -2.26. The molecule has 4 aromatic heterocycles. The second-order valence-electron chi connectivity index (χ2n) is 10.2. The van der Waals surface area contributed by atoms with Crippen molar-refractivity contribution in [1.29, 1.82) is 0 Å². The van der Waals surface area contributed by atoms with E-state index >= 15 is 8.78 Å². The standard InChI is InChI=1S/C21H23F2N9O9P2S2/c22-10-8-3-36-42(34,44)40-13-9(39-19(11(13)23)31-2-1-7-15(24)26-5-27-16(7)31)4-37-43(35,45)41-14(10)20(38-8)32-6-28-12-17(32)29-21(25)30-18(12)33/h1-2,5-6,8-11,13-14,19-20H,3-4H2,(H,34,44)(H,35,45)(H2,24,26,27)(H3,25,29,30,33)/t8-,9-,10+,11+,13-,14-,19-,20-,42-,43-/m1/s1. The smallest absolute Gasteiger partial charge is 0.383 e. The third kappa shape index (κ3) is 5.56.